The Kier molecular flexibility index (Phi) is 2.82. The molecule has 2 heteroatoms. The maximum absolute atomic E-state index is 13.2. The third-order valence-corrected chi connectivity index (χ3v) is 2.94. The summed E-state index contributed by atoms with van der Waals surface area (Å²) in [5, 5.41) is 3.42. The van der Waals surface area contributed by atoms with Crippen LogP contribution in [0.5, 0.6) is 0 Å². The second-order valence-corrected chi connectivity index (χ2v) is 4.09. The Labute approximate surface area is 84.3 Å². The number of hydrogen-bond donors (Lipinski definition) is 1. The van der Waals surface area contributed by atoms with Crippen molar-refractivity contribution in [2.45, 2.75) is 38.8 Å². The molecule has 1 nitrogen and oxygen atoms in total. The van der Waals surface area contributed by atoms with Gasteiger partial charge in [0.1, 0.15) is 5.82 Å². The van der Waals surface area contributed by atoms with Crippen molar-refractivity contribution in [3.63, 3.8) is 0 Å². The number of benzene rings is 1. The Morgan fingerprint density at radius 2 is 2.21 bits per heavy atom. The molecule has 1 fully saturated rings. The van der Waals surface area contributed by atoms with Crippen molar-refractivity contribution < 1.29 is 4.39 Å². The van der Waals surface area contributed by atoms with Crippen LogP contribution in [0, 0.1) is 12.7 Å². The topological polar surface area (TPSA) is 12.0 Å². The average molecular weight is 193 g/mol. The molecule has 0 saturated heterocycles. The zero-order valence-corrected chi connectivity index (χ0v) is 8.52. The minimum absolute atomic E-state index is 0.0992. The zero-order chi connectivity index (χ0) is 9.97. The van der Waals surface area contributed by atoms with Gasteiger partial charge in [-0.3, -0.25) is 0 Å². The molecule has 0 spiro atoms. The third kappa shape index (κ3) is 2.13. The molecule has 1 saturated carbocycles. The van der Waals surface area contributed by atoms with Crippen molar-refractivity contribution in [3.05, 3.63) is 35.1 Å². The molecular weight excluding hydrogens is 177 g/mol. The van der Waals surface area contributed by atoms with Gasteiger partial charge in [0.15, 0.2) is 0 Å². The maximum Gasteiger partial charge on any atom is 0.126 e. The van der Waals surface area contributed by atoms with E-state index in [-0.39, 0.29) is 5.82 Å². The minimum atomic E-state index is -0.0992. The highest BCUT2D eigenvalue weighted by Gasteiger charge is 2.15. The number of nitrogens with one attached hydrogen (secondary N) is 1. The van der Waals surface area contributed by atoms with Gasteiger partial charge in [0.2, 0.25) is 0 Å². The van der Waals surface area contributed by atoms with Crippen molar-refractivity contribution in [1.29, 1.82) is 0 Å². The summed E-state index contributed by atoms with van der Waals surface area (Å²) in [6, 6.07) is 6.12. The summed E-state index contributed by atoms with van der Waals surface area (Å²) in [5.41, 5.74) is 1.76. The van der Waals surface area contributed by atoms with Gasteiger partial charge in [0.05, 0.1) is 0 Å². The van der Waals surface area contributed by atoms with E-state index in [1.807, 2.05) is 12.1 Å². The highest BCUT2D eigenvalue weighted by atomic mass is 19.1. The lowest BCUT2D eigenvalue weighted by molar-refractivity contribution is 0.338. The van der Waals surface area contributed by atoms with Crippen LogP contribution in [0.3, 0.4) is 0 Å². The fourth-order valence-corrected chi connectivity index (χ4v) is 1.62. The van der Waals surface area contributed by atoms with Gasteiger partial charge in [-0.1, -0.05) is 18.6 Å². The lowest BCUT2D eigenvalue weighted by Crippen LogP contribution is -2.34. The predicted octanol–water partition coefficient (Wildman–Crippen LogP) is 2.78. The lowest BCUT2D eigenvalue weighted by Gasteiger charge is -2.26. The number of halogens is 1. The highest BCUT2D eigenvalue weighted by molar-refractivity contribution is 5.23. The van der Waals surface area contributed by atoms with Crippen LogP contribution in [0.2, 0.25) is 0 Å². The molecule has 0 aromatic heterocycles. The number of aryl methyl sites for hydroxylation is 1. The van der Waals surface area contributed by atoms with E-state index in [4.69, 9.17) is 0 Å². The smallest absolute Gasteiger partial charge is 0.126 e. The van der Waals surface area contributed by atoms with Crippen molar-refractivity contribution in [2.24, 2.45) is 0 Å². The van der Waals surface area contributed by atoms with Gasteiger partial charge in [-0.05, 0) is 37.0 Å². The van der Waals surface area contributed by atoms with Crippen molar-refractivity contribution >= 4 is 0 Å². The number of hydrogen-bond acceptors (Lipinski definition) is 1. The van der Waals surface area contributed by atoms with E-state index in [0.717, 1.165) is 17.7 Å². The van der Waals surface area contributed by atoms with Crippen molar-refractivity contribution in [2.75, 3.05) is 0 Å². The maximum atomic E-state index is 13.2. The first-order valence-corrected chi connectivity index (χ1v) is 5.24. The summed E-state index contributed by atoms with van der Waals surface area (Å²) < 4.78 is 13.2. The predicted molar refractivity (Wildman–Crippen MR) is 55.6 cm³/mol. The van der Waals surface area contributed by atoms with Crippen molar-refractivity contribution in [3.8, 4) is 0 Å². The van der Waals surface area contributed by atoms with Gasteiger partial charge in [-0.15, -0.1) is 0 Å². The van der Waals surface area contributed by atoms with E-state index in [1.54, 1.807) is 13.0 Å². The summed E-state index contributed by atoms with van der Waals surface area (Å²) in [7, 11) is 0. The van der Waals surface area contributed by atoms with Gasteiger partial charge in [-0.2, -0.15) is 0 Å². The molecule has 14 heavy (non-hydrogen) atoms. The van der Waals surface area contributed by atoms with E-state index in [0.29, 0.717) is 6.04 Å². The molecule has 0 heterocycles. The Morgan fingerprint density at radius 3 is 2.79 bits per heavy atom. The van der Waals surface area contributed by atoms with Crippen LogP contribution in [-0.4, -0.2) is 6.04 Å². The highest BCUT2D eigenvalue weighted by Crippen LogP contribution is 2.18. The summed E-state index contributed by atoms with van der Waals surface area (Å²) in [6.45, 7) is 2.58. The summed E-state index contributed by atoms with van der Waals surface area (Å²) in [5.74, 6) is -0.0992. The molecule has 0 bridgehead atoms. The van der Waals surface area contributed by atoms with Gasteiger partial charge in [0, 0.05) is 12.6 Å². The minimum Gasteiger partial charge on any atom is -0.310 e. The fraction of sp³-hybridized carbons (Fsp3) is 0.500. The van der Waals surface area contributed by atoms with Gasteiger partial charge in [0.25, 0.3) is 0 Å². The fourth-order valence-electron chi connectivity index (χ4n) is 1.62. The largest absolute Gasteiger partial charge is 0.310 e. The molecular formula is C12H16FN. The molecule has 0 unspecified atom stereocenters. The quantitative estimate of drug-likeness (QED) is 0.778. The van der Waals surface area contributed by atoms with Crippen LogP contribution < -0.4 is 5.32 Å². The van der Waals surface area contributed by atoms with Crippen LogP contribution >= 0.6 is 0 Å². The standard InChI is InChI=1S/C12H16FN/c1-9-5-6-10(7-12(9)13)8-14-11-3-2-4-11/h5-7,11,14H,2-4,8H2,1H3. The first-order valence-electron chi connectivity index (χ1n) is 5.24. The molecule has 0 atom stereocenters. The van der Waals surface area contributed by atoms with Gasteiger partial charge in [-0.25, -0.2) is 4.39 Å². The normalized spacial score (nSPS) is 16.7. The molecule has 76 valence electrons. The Morgan fingerprint density at radius 1 is 1.43 bits per heavy atom. The molecule has 2 rings (SSSR count). The Balaban J connectivity index is 1.91. The number of rotatable bonds is 3. The summed E-state index contributed by atoms with van der Waals surface area (Å²) in [4.78, 5) is 0. The van der Waals surface area contributed by atoms with Crippen LogP contribution in [0.25, 0.3) is 0 Å². The van der Waals surface area contributed by atoms with Gasteiger partial charge < -0.3 is 5.32 Å². The molecule has 0 amide bonds. The van der Waals surface area contributed by atoms with Crippen LogP contribution in [0.1, 0.15) is 30.4 Å². The van der Waals surface area contributed by atoms with E-state index in [9.17, 15) is 4.39 Å². The monoisotopic (exact) mass is 193 g/mol. The second-order valence-electron chi connectivity index (χ2n) is 4.09. The first-order chi connectivity index (χ1) is 6.75. The van der Waals surface area contributed by atoms with E-state index in [1.165, 1.54) is 19.3 Å². The SMILES string of the molecule is Cc1ccc(CNC2CCC2)cc1F. The van der Waals surface area contributed by atoms with E-state index >= 15 is 0 Å². The zero-order valence-electron chi connectivity index (χ0n) is 8.52. The molecule has 0 aliphatic heterocycles. The third-order valence-electron chi connectivity index (χ3n) is 2.94. The van der Waals surface area contributed by atoms with Crippen molar-refractivity contribution in [1.82, 2.24) is 5.32 Å². The molecule has 1 aliphatic rings. The summed E-state index contributed by atoms with van der Waals surface area (Å²) >= 11 is 0. The first kappa shape index (κ1) is 9.66. The average Bonchev–Trinajstić information content (AvgIpc) is 2.08. The molecule has 1 N–H and O–H groups in total. The molecule has 1 aromatic carbocycles. The van der Waals surface area contributed by atoms with Crippen LogP contribution in [0.4, 0.5) is 4.39 Å². The van der Waals surface area contributed by atoms with Gasteiger partial charge >= 0.3 is 0 Å². The molecule has 0 radical (unpaired) electrons. The van der Waals surface area contributed by atoms with E-state index in [2.05, 4.69) is 5.32 Å². The Hall–Kier alpha value is -0.890. The summed E-state index contributed by atoms with van der Waals surface area (Å²) in [6.07, 6.45) is 3.88. The Bertz CT molecular complexity index is 318. The molecule has 1 aromatic rings. The van der Waals surface area contributed by atoms with E-state index < -0.39 is 0 Å². The van der Waals surface area contributed by atoms with Crippen LogP contribution in [0.15, 0.2) is 18.2 Å². The lowest BCUT2D eigenvalue weighted by atomic mass is 9.93. The molecule has 1 aliphatic carbocycles. The van der Waals surface area contributed by atoms with Crippen LogP contribution in [-0.2, 0) is 6.54 Å². The second kappa shape index (κ2) is 4.09.